The maximum absolute atomic E-state index is 12.0. The van der Waals surface area contributed by atoms with E-state index in [2.05, 4.69) is 14.5 Å². The molecule has 0 radical (unpaired) electrons. The maximum atomic E-state index is 12.0. The Bertz CT molecular complexity index is 849. The van der Waals surface area contributed by atoms with E-state index in [9.17, 15) is 4.79 Å². The van der Waals surface area contributed by atoms with Crippen molar-refractivity contribution in [2.24, 2.45) is 0 Å². The summed E-state index contributed by atoms with van der Waals surface area (Å²) < 4.78 is 3.81. The smallest absolute Gasteiger partial charge is 0.191 e. The molecule has 0 spiro atoms. The monoisotopic (exact) mass is 286 g/mol. The molecule has 0 atom stereocenters. The molecule has 0 amide bonds. The van der Waals surface area contributed by atoms with Crippen LogP contribution < -0.4 is 5.43 Å². The number of halogens is 1. The van der Waals surface area contributed by atoms with Gasteiger partial charge in [0.1, 0.15) is 12.0 Å². The highest BCUT2D eigenvalue weighted by atomic mass is 35.5. The average molecular weight is 287 g/mol. The third-order valence-corrected chi connectivity index (χ3v) is 3.80. The van der Waals surface area contributed by atoms with E-state index in [1.165, 1.54) is 0 Å². The number of hydrogen-bond acceptors (Lipinski definition) is 3. The summed E-state index contributed by atoms with van der Waals surface area (Å²) in [4.78, 5) is 20.6. The Hall–Kier alpha value is -2.14. The molecule has 0 N–H and O–H groups in total. The Kier molecular flexibility index (Phi) is 2.44. The number of imidazole rings is 1. The molecular weight excluding hydrogens is 276 g/mol. The first kappa shape index (κ1) is 11.7. The Labute approximate surface area is 119 Å². The normalized spacial score (nSPS) is 14.8. The topological polar surface area (TPSA) is 52.7 Å². The zero-order valence-corrected chi connectivity index (χ0v) is 11.3. The Morgan fingerprint density at radius 2 is 2.15 bits per heavy atom. The summed E-state index contributed by atoms with van der Waals surface area (Å²) in [6.07, 6.45) is 9.17. The van der Waals surface area contributed by atoms with E-state index in [1.54, 1.807) is 35.4 Å². The minimum atomic E-state index is -0.0523. The van der Waals surface area contributed by atoms with E-state index in [1.807, 2.05) is 6.20 Å². The molecule has 20 heavy (non-hydrogen) atoms. The predicted molar refractivity (Wildman–Crippen MR) is 76.4 cm³/mol. The van der Waals surface area contributed by atoms with Crippen LogP contribution in [0, 0.1) is 0 Å². The van der Waals surface area contributed by atoms with Crippen LogP contribution in [0.4, 0.5) is 0 Å². The fraction of sp³-hybridized carbons (Fsp3) is 0.214. The second-order valence-electron chi connectivity index (χ2n) is 4.95. The van der Waals surface area contributed by atoms with Crippen LogP contribution in [0.1, 0.15) is 18.9 Å². The molecule has 1 fully saturated rings. The third kappa shape index (κ3) is 1.74. The van der Waals surface area contributed by atoms with Crippen molar-refractivity contribution in [1.82, 2.24) is 19.1 Å². The van der Waals surface area contributed by atoms with Gasteiger partial charge in [0, 0.05) is 30.7 Å². The Morgan fingerprint density at radius 1 is 1.30 bits per heavy atom. The number of pyridine rings is 2. The van der Waals surface area contributed by atoms with Gasteiger partial charge < -0.3 is 4.57 Å². The number of aromatic nitrogens is 4. The molecule has 5 nitrogen and oxygen atoms in total. The number of nitrogens with zero attached hydrogens (tertiary/aromatic N) is 4. The van der Waals surface area contributed by atoms with Crippen LogP contribution in [0.15, 0.2) is 41.8 Å². The summed E-state index contributed by atoms with van der Waals surface area (Å²) in [6, 6.07) is 3.72. The van der Waals surface area contributed by atoms with Crippen LogP contribution in [0.2, 0.25) is 5.02 Å². The van der Waals surface area contributed by atoms with E-state index in [0.717, 1.165) is 12.8 Å². The minimum absolute atomic E-state index is 0.0523. The number of hydrogen-bond donors (Lipinski definition) is 0. The van der Waals surface area contributed by atoms with E-state index < -0.39 is 0 Å². The first-order valence-corrected chi connectivity index (χ1v) is 6.81. The summed E-state index contributed by atoms with van der Waals surface area (Å²) in [5.41, 5.74) is 0.636. The van der Waals surface area contributed by atoms with Crippen molar-refractivity contribution in [2.75, 3.05) is 0 Å². The second kappa shape index (κ2) is 4.18. The quantitative estimate of drug-likeness (QED) is 0.727. The molecule has 0 unspecified atom stereocenters. The van der Waals surface area contributed by atoms with E-state index in [-0.39, 0.29) is 5.43 Å². The molecule has 3 aromatic rings. The van der Waals surface area contributed by atoms with Gasteiger partial charge in [-0.1, -0.05) is 11.6 Å². The van der Waals surface area contributed by atoms with Gasteiger partial charge in [0.25, 0.3) is 0 Å². The average Bonchev–Trinajstić information content (AvgIpc) is 3.14. The summed E-state index contributed by atoms with van der Waals surface area (Å²) in [5.74, 6) is 0.594. The molecule has 4 rings (SSSR count). The van der Waals surface area contributed by atoms with E-state index >= 15 is 0 Å². The predicted octanol–water partition coefficient (Wildman–Crippen LogP) is 2.57. The van der Waals surface area contributed by atoms with Crippen molar-refractivity contribution >= 4 is 22.6 Å². The molecule has 6 heteroatoms. The van der Waals surface area contributed by atoms with Gasteiger partial charge in [-0.3, -0.25) is 9.36 Å². The van der Waals surface area contributed by atoms with Crippen LogP contribution in [0.5, 0.6) is 0 Å². The lowest BCUT2D eigenvalue weighted by Crippen LogP contribution is -2.10. The van der Waals surface area contributed by atoms with E-state index in [0.29, 0.717) is 27.9 Å². The van der Waals surface area contributed by atoms with Crippen LogP contribution in [-0.4, -0.2) is 19.1 Å². The van der Waals surface area contributed by atoms with Crippen molar-refractivity contribution in [3.05, 3.63) is 52.3 Å². The molecular formula is C14H11ClN4O. The van der Waals surface area contributed by atoms with Crippen LogP contribution in [0.3, 0.4) is 0 Å². The van der Waals surface area contributed by atoms with Crippen molar-refractivity contribution in [3.8, 4) is 5.82 Å². The van der Waals surface area contributed by atoms with Gasteiger partial charge in [0.15, 0.2) is 11.2 Å². The zero-order valence-electron chi connectivity index (χ0n) is 10.5. The molecule has 0 saturated heterocycles. The van der Waals surface area contributed by atoms with Gasteiger partial charge in [0.2, 0.25) is 0 Å². The van der Waals surface area contributed by atoms with Crippen molar-refractivity contribution in [2.45, 2.75) is 18.9 Å². The fourth-order valence-electron chi connectivity index (χ4n) is 2.37. The lowest BCUT2D eigenvalue weighted by atomic mass is 10.2. The fourth-order valence-corrected chi connectivity index (χ4v) is 2.62. The minimum Gasteiger partial charge on any atom is -0.329 e. The molecule has 1 aliphatic carbocycles. The highest BCUT2D eigenvalue weighted by molar-refractivity contribution is 6.32. The van der Waals surface area contributed by atoms with Gasteiger partial charge in [-0.05, 0) is 18.9 Å². The number of fused-ring (bicyclic) bond motifs is 1. The SMILES string of the molecule is O=c1ccn(C2CC2)c2nc(-n3ccnc3)c(Cl)cc12. The Balaban J connectivity index is 2.06. The molecule has 100 valence electrons. The highest BCUT2D eigenvalue weighted by Gasteiger charge is 2.25. The van der Waals surface area contributed by atoms with Crippen molar-refractivity contribution in [3.63, 3.8) is 0 Å². The summed E-state index contributed by atoms with van der Waals surface area (Å²) in [7, 11) is 0. The summed E-state index contributed by atoms with van der Waals surface area (Å²) in [5, 5.41) is 1.01. The summed E-state index contributed by atoms with van der Waals surface area (Å²) >= 11 is 6.25. The maximum Gasteiger partial charge on any atom is 0.191 e. The van der Waals surface area contributed by atoms with Crippen molar-refractivity contribution in [1.29, 1.82) is 0 Å². The van der Waals surface area contributed by atoms with Crippen LogP contribution >= 0.6 is 11.6 Å². The summed E-state index contributed by atoms with van der Waals surface area (Å²) in [6.45, 7) is 0. The Morgan fingerprint density at radius 3 is 2.85 bits per heavy atom. The second-order valence-corrected chi connectivity index (χ2v) is 5.36. The first-order chi connectivity index (χ1) is 9.74. The standard InChI is InChI=1S/C14H11ClN4O/c15-11-7-10-12(20)3-5-19(9-1-2-9)13(10)17-14(11)18-6-4-16-8-18/h3-9H,1-2H2. The largest absolute Gasteiger partial charge is 0.329 e. The van der Waals surface area contributed by atoms with Gasteiger partial charge in [-0.25, -0.2) is 9.97 Å². The molecule has 3 heterocycles. The number of rotatable bonds is 2. The molecule has 3 aromatic heterocycles. The van der Waals surface area contributed by atoms with Gasteiger partial charge >= 0.3 is 0 Å². The lowest BCUT2D eigenvalue weighted by molar-refractivity contribution is 0.754. The highest BCUT2D eigenvalue weighted by Crippen LogP contribution is 2.36. The first-order valence-electron chi connectivity index (χ1n) is 6.44. The molecule has 0 aromatic carbocycles. The zero-order chi connectivity index (χ0) is 13.7. The lowest BCUT2D eigenvalue weighted by Gasteiger charge is -2.11. The van der Waals surface area contributed by atoms with Crippen LogP contribution in [-0.2, 0) is 0 Å². The molecule has 1 aliphatic rings. The molecule has 0 aliphatic heterocycles. The van der Waals surface area contributed by atoms with Crippen LogP contribution in [0.25, 0.3) is 16.9 Å². The van der Waals surface area contributed by atoms with Gasteiger partial charge in [-0.15, -0.1) is 0 Å². The molecule has 0 bridgehead atoms. The van der Waals surface area contributed by atoms with Crippen molar-refractivity contribution < 1.29 is 0 Å². The third-order valence-electron chi connectivity index (χ3n) is 3.52. The van der Waals surface area contributed by atoms with Gasteiger partial charge in [0.05, 0.1) is 10.4 Å². The molecule has 1 saturated carbocycles. The van der Waals surface area contributed by atoms with Gasteiger partial charge in [-0.2, -0.15) is 0 Å². The van der Waals surface area contributed by atoms with E-state index in [4.69, 9.17) is 11.6 Å².